The van der Waals surface area contributed by atoms with E-state index in [2.05, 4.69) is 10.4 Å². The van der Waals surface area contributed by atoms with Gasteiger partial charge in [-0.3, -0.25) is 9.48 Å². The van der Waals surface area contributed by atoms with Gasteiger partial charge in [0.15, 0.2) is 0 Å². The molecule has 6 heteroatoms. The Balaban J connectivity index is 1.87. The zero-order chi connectivity index (χ0) is 21.1. The Labute approximate surface area is 170 Å². The molecule has 0 aliphatic carbocycles. The quantitative estimate of drug-likeness (QED) is 0.670. The Kier molecular flexibility index (Phi) is 5.82. The number of nitrogens with zero attached hydrogens (tertiary/aromatic N) is 2. The minimum Gasteiger partial charge on any atom is -0.478 e. The van der Waals surface area contributed by atoms with E-state index in [1.165, 1.54) is 0 Å². The summed E-state index contributed by atoms with van der Waals surface area (Å²) in [5, 5.41) is 17.0. The van der Waals surface area contributed by atoms with Gasteiger partial charge in [0.1, 0.15) is 0 Å². The lowest BCUT2D eigenvalue weighted by atomic mass is 9.94. The summed E-state index contributed by atoms with van der Waals surface area (Å²) >= 11 is 0. The maximum absolute atomic E-state index is 13.0. The summed E-state index contributed by atoms with van der Waals surface area (Å²) in [5.74, 6) is -1.25. The van der Waals surface area contributed by atoms with Gasteiger partial charge in [-0.2, -0.15) is 5.10 Å². The second kappa shape index (κ2) is 8.31. The van der Waals surface area contributed by atoms with Crippen LogP contribution in [0, 0.1) is 13.8 Å². The van der Waals surface area contributed by atoms with Crippen molar-refractivity contribution >= 4 is 11.9 Å². The molecule has 3 rings (SSSR count). The zero-order valence-corrected chi connectivity index (χ0v) is 17.1. The molecule has 0 bridgehead atoms. The van der Waals surface area contributed by atoms with Crippen LogP contribution < -0.4 is 5.32 Å². The summed E-state index contributed by atoms with van der Waals surface area (Å²) in [5.41, 5.74) is 4.92. The lowest BCUT2D eigenvalue weighted by Gasteiger charge is -2.17. The van der Waals surface area contributed by atoms with E-state index >= 15 is 0 Å². The van der Waals surface area contributed by atoms with Crippen molar-refractivity contribution in [3.63, 3.8) is 0 Å². The zero-order valence-electron chi connectivity index (χ0n) is 17.1. The highest BCUT2D eigenvalue weighted by atomic mass is 16.4. The molecule has 1 unspecified atom stereocenters. The number of aryl methyl sites for hydroxylation is 2. The third kappa shape index (κ3) is 4.21. The summed E-state index contributed by atoms with van der Waals surface area (Å²) in [6.07, 6.45) is 0.672. The molecular formula is C23H25N3O3. The minimum atomic E-state index is -1.02. The molecular weight excluding hydrogens is 366 g/mol. The molecule has 29 heavy (non-hydrogen) atoms. The first-order valence-corrected chi connectivity index (χ1v) is 9.51. The van der Waals surface area contributed by atoms with Crippen LogP contribution in [0.1, 0.15) is 44.6 Å². The van der Waals surface area contributed by atoms with E-state index in [1.807, 2.05) is 32.5 Å². The lowest BCUT2D eigenvalue weighted by Crippen LogP contribution is -2.34. The lowest BCUT2D eigenvalue weighted by molar-refractivity contribution is 0.0697. The average Bonchev–Trinajstić information content (AvgIpc) is 2.93. The first kappa shape index (κ1) is 20.3. The monoisotopic (exact) mass is 391 g/mol. The van der Waals surface area contributed by atoms with E-state index in [1.54, 1.807) is 48.5 Å². The van der Waals surface area contributed by atoms with Crippen LogP contribution in [-0.2, 0) is 13.5 Å². The second-order valence-electron chi connectivity index (χ2n) is 7.25. The van der Waals surface area contributed by atoms with Crippen molar-refractivity contribution in [3.8, 4) is 11.1 Å². The van der Waals surface area contributed by atoms with E-state index in [0.717, 1.165) is 17.0 Å². The predicted molar refractivity (Wildman–Crippen MR) is 112 cm³/mol. The van der Waals surface area contributed by atoms with Gasteiger partial charge < -0.3 is 10.4 Å². The summed E-state index contributed by atoms with van der Waals surface area (Å²) < 4.78 is 1.84. The molecule has 2 N–H and O–H groups in total. The van der Waals surface area contributed by atoms with Crippen molar-refractivity contribution in [2.45, 2.75) is 33.2 Å². The van der Waals surface area contributed by atoms with E-state index in [4.69, 9.17) is 0 Å². The van der Waals surface area contributed by atoms with Crippen LogP contribution in [0.25, 0.3) is 11.1 Å². The number of carbonyl (C=O) groups excluding carboxylic acids is 1. The predicted octanol–water partition coefficient (Wildman–Crippen LogP) is 3.76. The van der Waals surface area contributed by atoms with Gasteiger partial charge in [0.25, 0.3) is 5.91 Å². The van der Waals surface area contributed by atoms with Gasteiger partial charge >= 0.3 is 5.97 Å². The van der Waals surface area contributed by atoms with Crippen molar-refractivity contribution < 1.29 is 14.7 Å². The molecule has 1 heterocycles. The Hall–Kier alpha value is -3.41. The molecule has 0 saturated heterocycles. The number of benzene rings is 2. The smallest absolute Gasteiger partial charge is 0.336 e. The number of hydrogen-bond acceptors (Lipinski definition) is 3. The van der Waals surface area contributed by atoms with Crippen LogP contribution in [0.4, 0.5) is 0 Å². The number of aromatic carboxylic acids is 1. The summed E-state index contributed by atoms with van der Waals surface area (Å²) in [4.78, 5) is 24.6. The third-order valence-electron chi connectivity index (χ3n) is 5.17. The van der Waals surface area contributed by atoms with E-state index in [9.17, 15) is 14.7 Å². The highest BCUT2D eigenvalue weighted by molar-refractivity contribution is 6.04. The molecule has 1 aromatic heterocycles. The molecule has 150 valence electrons. The van der Waals surface area contributed by atoms with Gasteiger partial charge in [-0.15, -0.1) is 0 Å². The van der Waals surface area contributed by atoms with Gasteiger partial charge in [0, 0.05) is 24.3 Å². The van der Waals surface area contributed by atoms with Crippen molar-refractivity contribution in [2.24, 2.45) is 7.05 Å². The molecule has 0 radical (unpaired) electrons. The largest absolute Gasteiger partial charge is 0.478 e. The van der Waals surface area contributed by atoms with Crippen LogP contribution in [-0.4, -0.2) is 32.8 Å². The van der Waals surface area contributed by atoms with Crippen LogP contribution >= 0.6 is 0 Å². The van der Waals surface area contributed by atoms with Crippen molar-refractivity contribution in [3.05, 3.63) is 76.6 Å². The number of carboxylic acid groups (broad SMARTS) is 1. The Morgan fingerprint density at radius 2 is 1.59 bits per heavy atom. The van der Waals surface area contributed by atoms with Crippen molar-refractivity contribution in [1.82, 2.24) is 15.1 Å². The van der Waals surface area contributed by atoms with Gasteiger partial charge in [0.2, 0.25) is 0 Å². The first-order valence-electron chi connectivity index (χ1n) is 9.51. The molecule has 1 atom stereocenters. The van der Waals surface area contributed by atoms with Gasteiger partial charge in [-0.25, -0.2) is 4.79 Å². The van der Waals surface area contributed by atoms with Gasteiger partial charge in [-0.1, -0.05) is 36.4 Å². The molecule has 0 saturated carbocycles. The van der Waals surface area contributed by atoms with Crippen LogP contribution in [0.2, 0.25) is 0 Å². The second-order valence-corrected chi connectivity index (χ2v) is 7.25. The fourth-order valence-corrected chi connectivity index (χ4v) is 3.59. The SMILES string of the molecule is Cc1nn(C)c(C)c1CC(C)NC(=O)c1ccccc1-c1ccccc1C(=O)O. The van der Waals surface area contributed by atoms with Crippen molar-refractivity contribution in [2.75, 3.05) is 0 Å². The number of carboxylic acids is 1. The average molecular weight is 391 g/mol. The first-order chi connectivity index (χ1) is 13.8. The fraction of sp³-hybridized carbons (Fsp3) is 0.261. The van der Waals surface area contributed by atoms with Crippen LogP contribution in [0.3, 0.4) is 0 Å². The standard InChI is InChI=1S/C23H25N3O3/c1-14(13-21-15(2)25-26(4)16(21)3)24-22(27)19-11-7-5-9-17(19)18-10-6-8-12-20(18)23(28)29/h5-12,14H,13H2,1-4H3,(H,24,27)(H,28,29). The molecule has 0 fully saturated rings. The van der Waals surface area contributed by atoms with Gasteiger partial charge in [0.05, 0.1) is 11.3 Å². The number of amides is 1. The van der Waals surface area contributed by atoms with E-state index < -0.39 is 5.97 Å². The number of carbonyl (C=O) groups is 2. The molecule has 0 aliphatic heterocycles. The maximum atomic E-state index is 13.0. The third-order valence-corrected chi connectivity index (χ3v) is 5.17. The minimum absolute atomic E-state index is 0.105. The molecule has 1 amide bonds. The molecule has 3 aromatic rings. The Morgan fingerprint density at radius 3 is 2.14 bits per heavy atom. The normalized spacial score (nSPS) is 11.9. The Morgan fingerprint density at radius 1 is 1.03 bits per heavy atom. The number of aromatic nitrogens is 2. The molecule has 0 spiro atoms. The van der Waals surface area contributed by atoms with Crippen LogP contribution in [0.5, 0.6) is 0 Å². The van der Waals surface area contributed by atoms with Crippen molar-refractivity contribution in [1.29, 1.82) is 0 Å². The molecule has 0 aliphatic rings. The van der Waals surface area contributed by atoms with E-state index in [-0.39, 0.29) is 17.5 Å². The maximum Gasteiger partial charge on any atom is 0.336 e. The summed E-state index contributed by atoms with van der Waals surface area (Å²) in [6.45, 7) is 5.94. The summed E-state index contributed by atoms with van der Waals surface area (Å²) in [7, 11) is 1.91. The number of hydrogen-bond donors (Lipinski definition) is 2. The number of rotatable bonds is 6. The van der Waals surface area contributed by atoms with E-state index in [0.29, 0.717) is 23.1 Å². The topological polar surface area (TPSA) is 84.2 Å². The van der Waals surface area contributed by atoms with Crippen LogP contribution in [0.15, 0.2) is 48.5 Å². The highest BCUT2D eigenvalue weighted by Crippen LogP contribution is 2.27. The number of nitrogens with one attached hydrogen (secondary N) is 1. The van der Waals surface area contributed by atoms with Gasteiger partial charge in [-0.05, 0) is 56.0 Å². The fourth-order valence-electron chi connectivity index (χ4n) is 3.59. The molecule has 6 nitrogen and oxygen atoms in total. The molecule has 2 aromatic carbocycles. The highest BCUT2D eigenvalue weighted by Gasteiger charge is 2.20. The Bertz CT molecular complexity index is 1070. The summed E-state index contributed by atoms with van der Waals surface area (Å²) in [6, 6.07) is 13.7.